The van der Waals surface area contributed by atoms with Crippen molar-refractivity contribution in [2.24, 2.45) is 5.41 Å². The summed E-state index contributed by atoms with van der Waals surface area (Å²) in [4.78, 5) is 13.7. The van der Waals surface area contributed by atoms with E-state index in [0.717, 1.165) is 16.4 Å². The standard InChI is InChI=1S/C15H25N3OS2/c1-4-15(7-6-8-15)9-18-14-12(20-3)10(16)11(21-14)13(19)17-5-2/h18H,4-9,16H2,1-3H3,(H,17,19). The van der Waals surface area contributed by atoms with Crippen LogP contribution in [0.3, 0.4) is 0 Å². The normalized spacial score (nSPS) is 16.3. The fourth-order valence-corrected chi connectivity index (χ4v) is 4.70. The van der Waals surface area contributed by atoms with Crippen molar-refractivity contribution in [2.45, 2.75) is 44.4 Å². The molecule has 1 amide bonds. The molecular formula is C15H25N3OS2. The van der Waals surface area contributed by atoms with Crippen LogP contribution in [0.5, 0.6) is 0 Å². The second kappa shape index (κ2) is 6.92. The van der Waals surface area contributed by atoms with E-state index in [2.05, 4.69) is 17.6 Å². The fourth-order valence-electron chi connectivity index (χ4n) is 2.76. The van der Waals surface area contributed by atoms with Crippen LogP contribution in [0, 0.1) is 5.41 Å². The van der Waals surface area contributed by atoms with Gasteiger partial charge < -0.3 is 16.4 Å². The molecule has 118 valence electrons. The van der Waals surface area contributed by atoms with Crippen LogP contribution in [-0.4, -0.2) is 25.3 Å². The Morgan fingerprint density at radius 2 is 2.14 bits per heavy atom. The van der Waals surface area contributed by atoms with Gasteiger partial charge in [0.2, 0.25) is 0 Å². The molecule has 1 fully saturated rings. The van der Waals surface area contributed by atoms with Crippen LogP contribution in [0.1, 0.15) is 49.2 Å². The summed E-state index contributed by atoms with van der Waals surface area (Å²) in [5.74, 6) is -0.0720. The second-order valence-electron chi connectivity index (χ2n) is 5.63. The third-order valence-electron chi connectivity index (χ3n) is 4.44. The Morgan fingerprint density at radius 1 is 1.43 bits per heavy atom. The van der Waals surface area contributed by atoms with Crippen molar-refractivity contribution >= 4 is 39.7 Å². The van der Waals surface area contributed by atoms with E-state index in [-0.39, 0.29) is 5.91 Å². The molecule has 0 radical (unpaired) electrons. The highest BCUT2D eigenvalue weighted by Gasteiger charge is 2.35. The van der Waals surface area contributed by atoms with Gasteiger partial charge in [0.1, 0.15) is 9.88 Å². The third-order valence-corrected chi connectivity index (χ3v) is 6.56. The number of amides is 1. The van der Waals surface area contributed by atoms with Gasteiger partial charge in [0.15, 0.2) is 0 Å². The fraction of sp³-hybridized carbons (Fsp3) is 0.667. The number of rotatable bonds is 7. The molecule has 1 aromatic rings. The molecule has 0 unspecified atom stereocenters. The summed E-state index contributed by atoms with van der Waals surface area (Å²) >= 11 is 3.08. The Kier molecular flexibility index (Phi) is 5.43. The van der Waals surface area contributed by atoms with Gasteiger partial charge in [-0.2, -0.15) is 0 Å². The van der Waals surface area contributed by atoms with E-state index in [0.29, 0.717) is 22.5 Å². The Balaban J connectivity index is 2.15. The highest BCUT2D eigenvalue weighted by molar-refractivity contribution is 7.99. The van der Waals surface area contributed by atoms with Crippen molar-refractivity contribution in [3.8, 4) is 0 Å². The van der Waals surface area contributed by atoms with E-state index in [1.165, 1.54) is 37.0 Å². The zero-order valence-corrected chi connectivity index (χ0v) is 14.7. The van der Waals surface area contributed by atoms with Gasteiger partial charge in [0, 0.05) is 13.1 Å². The van der Waals surface area contributed by atoms with Crippen molar-refractivity contribution in [3.05, 3.63) is 4.88 Å². The zero-order valence-electron chi connectivity index (χ0n) is 13.0. The third kappa shape index (κ3) is 3.31. The Labute approximate surface area is 135 Å². The molecule has 21 heavy (non-hydrogen) atoms. The van der Waals surface area contributed by atoms with Crippen molar-refractivity contribution in [2.75, 3.05) is 30.4 Å². The summed E-state index contributed by atoms with van der Waals surface area (Å²) in [6.45, 7) is 5.77. The van der Waals surface area contributed by atoms with Crippen LogP contribution < -0.4 is 16.4 Å². The van der Waals surface area contributed by atoms with Crippen molar-refractivity contribution in [3.63, 3.8) is 0 Å². The summed E-state index contributed by atoms with van der Waals surface area (Å²) < 4.78 is 0. The molecule has 1 heterocycles. The minimum atomic E-state index is -0.0720. The van der Waals surface area contributed by atoms with E-state index in [1.807, 2.05) is 13.2 Å². The van der Waals surface area contributed by atoms with Gasteiger partial charge in [-0.1, -0.05) is 13.3 Å². The van der Waals surface area contributed by atoms with E-state index < -0.39 is 0 Å². The maximum Gasteiger partial charge on any atom is 0.263 e. The zero-order chi connectivity index (χ0) is 15.5. The number of carbonyl (C=O) groups excluding carboxylic acids is 1. The van der Waals surface area contributed by atoms with E-state index in [4.69, 9.17) is 5.73 Å². The summed E-state index contributed by atoms with van der Waals surface area (Å²) in [6, 6.07) is 0. The van der Waals surface area contributed by atoms with Gasteiger partial charge in [0.25, 0.3) is 5.91 Å². The molecule has 1 saturated carbocycles. The van der Waals surface area contributed by atoms with Crippen molar-refractivity contribution in [1.29, 1.82) is 0 Å². The van der Waals surface area contributed by atoms with Crippen LogP contribution in [-0.2, 0) is 0 Å². The number of carbonyl (C=O) groups is 1. The number of nitrogens with two attached hydrogens (primary N) is 1. The molecule has 6 heteroatoms. The van der Waals surface area contributed by atoms with Crippen molar-refractivity contribution < 1.29 is 4.79 Å². The van der Waals surface area contributed by atoms with Crippen LogP contribution in [0.25, 0.3) is 0 Å². The summed E-state index contributed by atoms with van der Waals surface area (Å²) in [5.41, 5.74) is 7.21. The van der Waals surface area contributed by atoms with Crippen LogP contribution >= 0.6 is 23.1 Å². The minimum absolute atomic E-state index is 0.0720. The molecule has 0 bridgehead atoms. The molecule has 2 rings (SSSR count). The van der Waals surface area contributed by atoms with E-state index >= 15 is 0 Å². The Hall–Kier alpha value is -0.880. The first-order chi connectivity index (χ1) is 10.1. The SMILES string of the molecule is CCNC(=O)c1sc(NCC2(CC)CCC2)c(SC)c1N. The second-order valence-corrected chi connectivity index (χ2v) is 7.46. The number of hydrogen-bond acceptors (Lipinski definition) is 5. The monoisotopic (exact) mass is 327 g/mol. The summed E-state index contributed by atoms with van der Waals surface area (Å²) in [5, 5.41) is 7.42. The number of thiophene rings is 1. The minimum Gasteiger partial charge on any atom is -0.396 e. The lowest BCUT2D eigenvalue weighted by Gasteiger charge is -2.41. The molecule has 0 atom stereocenters. The van der Waals surface area contributed by atoms with Gasteiger partial charge in [-0.25, -0.2) is 0 Å². The molecule has 4 nitrogen and oxygen atoms in total. The average Bonchev–Trinajstić information content (AvgIpc) is 2.75. The smallest absolute Gasteiger partial charge is 0.263 e. The number of anilines is 2. The molecule has 0 aromatic carbocycles. The number of thioether (sulfide) groups is 1. The maximum absolute atomic E-state index is 12.1. The summed E-state index contributed by atoms with van der Waals surface area (Å²) in [6.07, 6.45) is 7.15. The van der Waals surface area contributed by atoms with Crippen LogP contribution in [0.15, 0.2) is 4.90 Å². The van der Waals surface area contributed by atoms with E-state index in [9.17, 15) is 4.79 Å². The van der Waals surface area contributed by atoms with Crippen molar-refractivity contribution in [1.82, 2.24) is 5.32 Å². The van der Waals surface area contributed by atoms with Gasteiger partial charge in [0.05, 0.1) is 10.6 Å². The van der Waals surface area contributed by atoms with E-state index in [1.54, 1.807) is 11.8 Å². The molecule has 1 aromatic heterocycles. The lowest BCUT2D eigenvalue weighted by molar-refractivity contribution is 0.0960. The highest BCUT2D eigenvalue weighted by atomic mass is 32.2. The van der Waals surface area contributed by atoms with Gasteiger partial charge in [-0.3, -0.25) is 4.79 Å². The quantitative estimate of drug-likeness (QED) is 0.667. The predicted octanol–water partition coefficient (Wildman–Crippen LogP) is 3.79. The highest BCUT2D eigenvalue weighted by Crippen LogP contribution is 2.46. The lowest BCUT2D eigenvalue weighted by Crippen LogP contribution is -2.35. The van der Waals surface area contributed by atoms with Gasteiger partial charge in [-0.05, 0) is 37.9 Å². The molecule has 0 saturated heterocycles. The number of hydrogen-bond donors (Lipinski definition) is 3. The predicted molar refractivity (Wildman–Crippen MR) is 93.6 cm³/mol. The molecular weight excluding hydrogens is 302 g/mol. The number of nitrogens with one attached hydrogen (secondary N) is 2. The first-order valence-corrected chi connectivity index (χ1v) is 9.59. The first kappa shape index (κ1) is 16.5. The Bertz CT molecular complexity index is 504. The van der Waals surface area contributed by atoms with Crippen LogP contribution in [0.4, 0.5) is 10.7 Å². The topological polar surface area (TPSA) is 67.2 Å². The lowest BCUT2D eigenvalue weighted by atomic mass is 9.67. The Morgan fingerprint density at radius 3 is 2.62 bits per heavy atom. The average molecular weight is 328 g/mol. The van der Waals surface area contributed by atoms with Crippen LogP contribution in [0.2, 0.25) is 0 Å². The maximum atomic E-state index is 12.1. The van der Waals surface area contributed by atoms with Gasteiger partial charge >= 0.3 is 0 Å². The largest absolute Gasteiger partial charge is 0.396 e. The molecule has 0 spiro atoms. The molecule has 4 N–H and O–H groups in total. The molecule has 0 aliphatic heterocycles. The molecule has 1 aliphatic rings. The summed E-state index contributed by atoms with van der Waals surface area (Å²) in [7, 11) is 0. The van der Waals surface area contributed by atoms with Gasteiger partial charge in [-0.15, -0.1) is 23.1 Å². The molecule has 1 aliphatic carbocycles. The first-order valence-electron chi connectivity index (χ1n) is 7.55. The number of nitrogen functional groups attached to an aromatic ring is 1.